The Balaban J connectivity index is 1.81. The number of hydrogen-bond donors (Lipinski definition) is 1. The number of ether oxygens (including phenoxy) is 1. The fraction of sp³-hybridized carbons (Fsp3) is 0.529. The van der Waals surface area contributed by atoms with Crippen LogP contribution in [0.4, 0.5) is 5.69 Å². The number of fused-ring (bicyclic) bond motifs is 4. The van der Waals surface area contributed by atoms with E-state index in [-0.39, 0.29) is 23.8 Å². The van der Waals surface area contributed by atoms with Crippen molar-refractivity contribution in [2.75, 3.05) is 18.5 Å². The number of hydrogen-bond acceptors (Lipinski definition) is 4. The second-order valence-corrected chi connectivity index (χ2v) is 7.39. The van der Waals surface area contributed by atoms with E-state index < -0.39 is 5.54 Å². The molecule has 1 N–H and O–H groups in total. The van der Waals surface area contributed by atoms with E-state index in [0.29, 0.717) is 13.0 Å². The molecule has 0 bridgehead atoms. The normalized spacial score (nSPS) is 32.0. The van der Waals surface area contributed by atoms with Crippen LogP contribution in [-0.2, 0) is 19.9 Å². The summed E-state index contributed by atoms with van der Waals surface area (Å²) in [6, 6.07) is 5.97. The number of rotatable bonds is 2. The minimum Gasteiger partial charge on any atom is -0.466 e. The maximum absolute atomic E-state index is 12.9. The predicted molar refractivity (Wildman–Crippen MR) is 88.9 cm³/mol. The summed E-state index contributed by atoms with van der Waals surface area (Å²) in [7, 11) is 0. The average Bonchev–Trinajstić information content (AvgIpc) is 3.16. The van der Waals surface area contributed by atoms with Crippen molar-refractivity contribution in [3.8, 4) is 0 Å². The van der Waals surface area contributed by atoms with Gasteiger partial charge in [0.2, 0.25) is 5.91 Å². The summed E-state index contributed by atoms with van der Waals surface area (Å²) in [5.74, 6) is -0.407. The van der Waals surface area contributed by atoms with Gasteiger partial charge in [-0.05, 0) is 50.9 Å². The van der Waals surface area contributed by atoms with E-state index >= 15 is 0 Å². The second-order valence-electron chi connectivity index (χ2n) is 6.47. The van der Waals surface area contributed by atoms with E-state index in [4.69, 9.17) is 4.74 Å². The number of nitrogens with zero attached hydrogens (tertiary/aromatic N) is 1. The van der Waals surface area contributed by atoms with Gasteiger partial charge in [-0.25, -0.2) is 0 Å². The van der Waals surface area contributed by atoms with E-state index in [2.05, 4.69) is 26.1 Å². The molecule has 3 heterocycles. The van der Waals surface area contributed by atoms with Crippen LogP contribution in [0.5, 0.6) is 0 Å². The Labute approximate surface area is 143 Å². The Morgan fingerprint density at radius 2 is 2.35 bits per heavy atom. The number of amides is 1. The zero-order valence-corrected chi connectivity index (χ0v) is 14.6. The van der Waals surface area contributed by atoms with E-state index in [0.717, 1.165) is 35.1 Å². The van der Waals surface area contributed by atoms with Gasteiger partial charge < -0.3 is 10.1 Å². The number of anilines is 1. The van der Waals surface area contributed by atoms with Crippen LogP contribution in [0.25, 0.3) is 0 Å². The van der Waals surface area contributed by atoms with Crippen LogP contribution in [0, 0.1) is 5.92 Å². The van der Waals surface area contributed by atoms with Gasteiger partial charge in [0.25, 0.3) is 0 Å². The number of carbonyl (C=O) groups excluding carboxylic acids is 2. The van der Waals surface area contributed by atoms with Gasteiger partial charge in [-0.1, -0.05) is 15.9 Å². The van der Waals surface area contributed by atoms with Crippen LogP contribution < -0.4 is 5.32 Å². The molecule has 5 nitrogen and oxygen atoms in total. The molecule has 0 saturated carbocycles. The van der Waals surface area contributed by atoms with Crippen LogP contribution in [0.15, 0.2) is 22.7 Å². The molecule has 1 spiro atoms. The van der Waals surface area contributed by atoms with Gasteiger partial charge in [0.05, 0.1) is 12.5 Å². The molecule has 122 valence electrons. The standard InChI is InChI=1S/C17H19BrN2O3/c1-2-23-15(21)11-9-17(20-7-3-4-14(11)20)12-8-10(18)5-6-13(12)19-16(17)22/h5-6,8,11,14H,2-4,7,9H2,1H3,(H,19,22)/t11-,14+,17-/m1/s1. The molecule has 0 aliphatic carbocycles. The Kier molecular flexibility index (Phi) is 3.50. The summed E-state index contributed by atoms with van der Waals surface area (Å²) in [6.45, 7) is 3.05. The summed E-state index contributed by atoms with van der Waals surface area (Å²) in [5.41, 5.74) is 1.11. The molecule has 0 unspecified atom stereocenters. The Bertz CT molecular complexity index is 692. The van der Waals surface area contributed by atoms with Gasteiger partial charge in [-0.3, -0.25) is 14.5 Å². The van der Waals surface area contributed by atoms with Crippen LogP contribution in [0.1, 0.15) is 31.7 Å². The molecule has 3 aliphatic rings. The summed E-state index contributed by atoms with van der Waals surface area (Å²) >= 11 is 3.51. The van der Waals surface area contributed by atoms with Crippen molar-refractivity contribution < 1.29 is 14.3 Å². The van der Waals surface area contributed by atoms with Crippen LogP contribution in [-0.4, -0.2) is 36.0 Å². The molecule has 2 saturated heterocycles. The number of halogens is 1. The average molecular weight is 379 g/mol. The van der Waals surface area contributed by atoms with Crippen LogP contribution in [0.3, 0.4) is 0 Å². The number of nitrogens with one attached hydrogen (secondary N) is 1. The van der Waals surface area contributed by atoms with E-state index in [1.807, 2.05) is 25.1 Å². The molecule has 6 heteroatoms. The smallest absolute Gasteiger partial charge is 0.310 e. The molecule has 2 fully saturated rings. The monoisotopic (exact) mass is 378 g/mol. The van der Waals surface area contributed by atoms with Gasteiger partial charge in [-0.15, -0.1) is 0 Å². The molecule has 1 aromatic carbocycles. The summed E-state index contributed by atoms with van der Waals surface area (Å²) in [5, 5.41) is 3.01. The first-order valence-corrected chi connectivity index (χ1v) is 8.92. The predicted octanol–water partition coefficient (Wildman–Crippen LogP) is 2.64. The van der Waals surface area contributed by atoms with E-state index in [1.54, 1.807) is 0 Å². The van der Waals surface area contributed by atoms with Gasteiger partial charge in [0.1, 0.15) is 5.54 Å². The molecule has 0 radical (unpaired) electrons. The first-order chi connectivity index (χ1) is 11.1. The summed E-state index contributed by atoms with van der Waals surface area (Å²) in [6.07, 6.45) is 2.46. The third kappa shape index (κ3) is 2.01. The Morgan fingerprint density at radius 1 is 1.52 bits per heavy atom. The Hall–Kier alpha value is -1.40. The number of esters is 1. The summed E-state index contributed by atoms with van der Waals surface area (Å²) < 4.78 is 6.22. The minimum atomic E-state index is -0.724. The molecular weight excluding hydrogens is 360 g/mol. The third-order valence-corrected chi connectivity index (χ3v) is 5.90. The van der Waals surface area contributed by atoms with Crippen molar-refractivity contribution in [1.29, 1.82) is 0 Å². The second kappa shape index (κ2) is 5.31. The highest BCUT2D eigenvalue weighted by atomic mass is 79.9. The number of carbonyl (C=O) groups is 2. The molecule has 4 rings (SSSR count). The number of benzene rings is 1. The molecule has 3 atom stereocenters. The molecule has 23 heavy (non-hydrogen) atoms. The first kappa shape index (κ1) is 15.1. The lowest BCUT2D eigenvalue weighted by Gasteiger charge is -2.32. The molecule has 1 aromatic rings. The van der Waals surface area contributed by atoms with Crippen LogP contribution >= 0.6 is 15.9 Å². The van der Waals surface area contributed by atoms with Crippen molar-refractivity contribution >= 4 is 33.5 Å². The van der Waals surface area contributed by atoms with Crippen molar-refractivity contribution in [2.24, 2.45) is 5.92 Å². The van der Waals surface area contributed by atoms with Gasteiger partial charge in [0.15, 0.2) is 0 Å². The molecule has 3 aliphatic heterocycles. The quantitative estimate of drug-likeness (QED) is 0.803. The van der Waals surface area contributed by atoms with E-state index in [1.165, 1.54) is 0 Å². The lowest BCUT2D eigenvalue weighted by Crippen LogP contribution is -2.47. The maximum Gasteiger partial charge on any atom is 0.310 e. The topological polar surface area (TPSA) is 58.6 Å². The van der Waals surface area contributed by atoms with Crippen molar-refractivity contribution in [1.82, 2.24) is 4.90 Å². The van der Waals surface area contributed by atoms with Crippen molar-refractivity contribution in [3.05, 3.63) is 28.2 Å². The lowest BCUT2D eigenvalue weighted by atomic mass is 9.84. The van der Waals surface area contributed by atoms with Crippen molar-refractivity contribution in [3.63, 3.8) is 0 Å². The molecular formula is C17H19BrN2O3. The lowest BCUT2D eigenvalue weighted by molar-refractivity contribution is -0.148. The van der Waals surface area contributed by atoms with Gasteiger partial charge >= 0.3 is 5.97 Å². The van der Waals surface area contributed by atoms with Gasteiger partial charge in [-0.2, -0.15) is 0 Å². The maximum atomic E-state index is 12.9. The molecule has 1 amide bonds. The highest BCUT2D eigenvalue weighted by Gasteiger charge is 2.63. The van der Waals surface area contributed by atoms with Crippen molar-refractivity contribution in [2.45, 2.75) is 37.8 Å². The minimum absolute atomic E-state index is 0.00991. The largest absolute Gasteiger partial charge is 0.466 e. The SMILES string of the molecule is CCOC(=O)[C@@H]1C[C@@]2(C(=O)Nc3ccc(Br)cc32)N2CCC[C@@H]12. The fourth-order valence-electron chi connectivity index (χ4n) is 4.55. The zero-order chi connectivity index (χ0) is 16.2. The summed E-state index contributed by atoms with van der Waals surface area (Å²) in [4.78, 5) is 27.6. The highest BCUT2D eigenvalue weighted by Crippen LogP contribution is 2.54. The van der Waals surface area contributed by atoms with Gasteiger partial charge in [0, 0.05) is 21.8 Å². The third-order valence-electron chi connectivity index (χ3n) is 5.41. The van der Waals surface area contributed by atoms with Crippen LogP contribution in [0.2, 0.25) is 0 Å². The fourth-order valence-corrected chi connectivity index (χ4v) is 4.91. The first-order valence-electron chi connectivity index (χ1n) is 8.13. The Morgan fingerprint density at radius 3 is 3.13 bits per heavy atom. The van der Waals surface area contributed by atoms with E-state index in [9.17, 15) is 9.59 Å². The zero-order valence-electron chi connectivity index (χ0n) is 13.0. The molecule has 0 aromatic heterocycles. The highest BCUT2D eigenvalue weighted by molar-refractivity contribution is 9.10.